The number of fused-ring (bicyclic) bond motifs is 1. The van der Waals surface area contributed by atoms with E-state index < -0.39 is 0 Å². The first-order chi connectivity index (χ1) is 18.7. The average Bonchev–Trinajstić information content (AvgIpc) is 2.97. The van der Waals surface area contributed by atoms with Gasteiger partial charge in [-0.3, -0.25) is 9.69 Å². The maximum Gasteiger partial charge on any atom is 0.262 e. The number of rotatable bonds is 6. The number of amides is 1. The molecule has 0 saturated carbocycles. The third-order valence-electron chi connectivity index (χ3n) is 6.87. The summed E-state index contributed by atoms with van der Waals surface area (Å²) in [5, 5.41) is 0. The minimum atomic E-state index is -0.342. The van der Waals surface area contributed by atoms with Crippen LogP contribution in [0.1, 0.15) is 33.2 Å². The summed E-state index contributed by atoms with van der Waals surface area (Å²) < 4.78 is 6.05. The van der Waals surface area contributed by atoms with E-state index in [2.05, 4.69) is 60.4 Å². The molecule has 0 saturated heterocycles. The molecule has 0 aliphatic carbocycles. The SMILES string of the molecule is Cc1ccc(N2C(=O)c3ccccc3N(Cc3ccccc3)[C@H]2c2ccc(Oc3ccccc3)cc2)cc1. The zero-order chi connectivity index (χ0) is 25.9. The molecule has 0 bridgehead atoms. The molecule has 0 fully saturated rings. The lowest BCUT2D eigenvalue weighted by atomic mass is 9.99. The van der Waals surface area contributed by atoms with E-state index in [0.29, 0.717) is 12.1 Å². The van der Waals surface area contributed by atoms with E-state index in [1.54, 1.807) is 0 Å². The van der Waals surface area contributed by atoms with Crippen LogP contribution in [-0.4, -0.2) is 5.91 Å². The molecule has 6 rings (SSSR count). The summed E-state index contributed by atoms with van der Waals surface area (Å²) in [7, 11) is 0. The van der Waals surface area contributed by atoms with Crippen LogP contribution >= 0.6 is 0 Å². The van der Waals surface area contributed by atoms with Gasteiger partial charge in [0.25, 0.3) is 5.91 Å². The van der Waals surface area contributed by atoms with Gasteiger partial charge in [-0.15, -0.1) is 0 Å². The minimum Gasteiger partial charge on any atom is -0.457 e. The van der Waals surface area contributed by atoms with E-state index in [4.69, 9.17) is 4.74 Å². The Balaban J connectivity index is 1.46. The number of anilines is 2. The van der Waals surface area contributed by atoms with Gasteiger partial charge in [0.15, 0.2) is 0 Å². The van der Waals surface area contributed by atoms with Crippen molar-refractivity contribution in [3.05, 3.63) is 156 Å². The second-order valence-electron chi connectivity index (χ2n) is 9.50. The highest BCUT2D eigenvalue weighted by Gasteiger charge is 2.39. The number of aryl methyl sites for hydroxylation is 1. The topological polar surface area (TPSA) is 32.8 Å². The van der Waals surface area contributed by atoms with Gasteiger partial charge in [-0.1, -0.05) is 90.5 Å². The molecule has 0 spiro atoms. The predicted molar refractivity (Wildman–Crippen MR) is 153 cm³/mol. The number of carbonyl (C=O) groups excluding carboxylic acids is 1. The zero-order valence-corrected chi connectivity index (χ0v) is 21.2. The monoisotopic (exact) mass is 496 g/mol. The predicted octanol–water partition coefficient (Wildman–Crippen LogP) is 8.15. The molecule has 1 aliphatic heterocycles. The molecule has 5 aromatic carbocycles. The van der Waals surface area contributed by atoms with Crippen LogP contribution < -0.4 is 14.5 Å². The van der Waals surface area contributed by atoms with Gasteiger partial charge in [-0.05, 0) is 66.6 Å². The molecule has 4 heteroatoms. The summed E-state index contributed by atoms with van der Waals surface area (Å²) in [5.74, 6) is 1.52. The summed E-state index contributed by atoms with van der Waals surface area (Å²) in [6.07, 6.45) is -0.342. The first-order valence-corrected chi connectivity index (χ1v) is 12.8. The molecule has 1 atom stereocenters. The van der Waals surface area contributed by atoms with E-state index >= 15 is 0 Å². The van der Waals surface area contributed by atoms with Crippen LogP contribution in [-0.2, 0) is 6.54 Å². The highest BCUT2D eigenvalue weighted by Crippen LogP contribution is 2.42. The first-order valence-electron chi connectivity index (χ1n) is 12.8. The first kappa shape index (κ1) is 23.6. The van der Waals surface area contributed by atoms with E-state index in [-0.39, 0.29) is 12.1 Å². The van der Waals surface area contributed by atoms with Crippen LogP contribution in [0.5, 0.6) is 11.5 Å². The third-order valence-corrected chi connectivity index (χ3v) is 6.87. The second kappa shape index (κ2) is 10.3. The largest absolute Gasteiger partial charge is 0.457 e. The van der Waals surface area contributed by atoms with Gasteiger partial charge in [0.05, 0.1) is 11.3 Å². The Morgan fingerprint density at radius 1 is 0.658 bits per heavy atom. The number of hydrogen-bond donors (Lipinski definition) is 0. The maximum absolute atomic E-state index is 14.1. The smallest absolute Gasteiger partial charge is 0.262 e. The number of carbonyl (C=O) groups is 1. The van der Waals surface area contributed by atoms with Crippen molar-refractivity contribution in [2.45, 2.75) is 19.6 Å². The Labute approximate surface area is 223 Å². The number of benzene rings is 5. The van der Waals surface area contributed by atoms with Crippen LogP contribution in [0.25, 0.3) is 0 Å². The van der Waals surface area contributed by atoms with Gasteiger partial charge in [-0.25, -0.2) is 0 Å². The molecule has 5 aromatic rings. The lowest BCUT2D eigenvalue weighted by Crippen LogP contribution is -2.49. The number of nitrogens with zero attached hydrogens (tertiary/aromatic N) is 2. The fraction of sp³-hybridized carbons (Fsp3) is 0.0882. The Hall–Kier alpha value is -4.83. The van der Waals surface area contributed by atoms with E-state index in [1.165, 1.54) is 5.56 Å². The van der Waals surface area contributed by atoms with Crippen molar-refractivity contribution in [1.29, 1.82) is 0 Å². The molecule has 186 valence electrons. The van der Waals surface area contributed by atoms with Crippen molar-refractivity contribution < 1.29 is 9.53 Å². The van der Waals surface area contributed by atoms with E-state index in [9.17, 15) is 4.79 Å². The Morgan fingerprint density at radius 3 is 1.97 bits per heavy atom. The molecule has 0 unspecified atom stereocenters. The normalized spacial score (nSPS) is 14.8. The molecule has 1 aliphatic rings. The molecule has 38 heavy (non-hydrogen) atoms. The number of para-hydroxylation sites is 2. The van der Waals surface area contributed by atoms with Gasteiger partial charge in [-0.2, -0.15) is 0 Å². The lowest BCUT2D eigenvalue weighted by molar-refractivity contribution is 0.0968. The minimum absolute atomic E-state index is 0.0108. The van der Waals surface area contributed by atoms with Crippen molar-refractivity contribution >= 4 is 17.3 Å². The van der Waals surface area contributed by atoms with Crippen molar-refractivity contribution in [3.8, 4) is 11.5 Å². The summed E-state index contributed by atoms with van der Waals surface area (Å²) >= 11 is 0. The van der Waals surface area contributed by atoms with Crippen LogP contribution in [0.2, 0.25) is 0 Å². The molecule has 0 N–H and O–H groups in total. The van der Waals surface area contributed by atoms with Crippen LogP contribution in [0.3, 0.4) is 0 Å². The fourth-order valence-corrected chi connectivity index (χ4v) is 4.99. The highest BCUT2D eigenvalue weighted by molar-refractivity contribution is 6.12. The summed E-state index contributed by atoms with van der Waals surface area (Å²) in [5.41, 5.74) is 5.82. The molecule has 1 heterocycles. The maximum atomic E-state index is 14.1. The Kier molecular flexibility index (Phi) is 6.37. The third kappa shape index (κ3) is 4.64. The number of ether oxygens (including phenoxy) is 1. The molecule has 0 radical (unpaired) electrons. The molecule has 4 nitrogen and oxygen atoms in total. The standard InChI is InChI=1S/C34H28N2O2/c1-25-16-20-28(21-17-25)36-33(27-18-22-30(23-19-27)38-29-12-6-3-7-13-29)35(24-26-10-4-2-5-11-26)32-15-9-8-14-31(32)34(36)37/h2-23,33H,24H2,1H3/t33-/m1/s1. The van der Waals surface area contributed by atoms with E-state index in [1.807, 2.05) is 89.8 Å². The average molecular weight is 497 g/mol. The zero-order valence-electron chi connectivity index (χ0n) is 21.2. The number of hydrogen-bond acceptors (Lipinski definition) is 3. The van der Waals surface area contributed by atoms with Crippen molar-refractivity contribution in [2.24, 2.45) is 0 Å². The molecule has 0 aromatic heterocycles. The van der Waals surface area contributed by atoms with Crippen LogP contribution in [0, 0.1) is 6.92 Å². The van der Waals surface area contributed by atoms with Crippen molar-refractivity contribution in [3.63, 3.8) is 0 Å². The molecular formula is C34H28N2O2. The van der Waals surface area contributed by atoms with Crippen LogP contribution in [0.15, 0.2) is 133 Å². The lowest BCUT2D eigenvalue weighted by Gasteiger charge is -2.46. The highest BCUT2D eigenvalue weighted by atomic mass is 16.5. The Morgan fingerprint density at radius 2 is 1.26 bits per heavy atom. The van der Waals surface area contributed by atoms with Crippen molar-refractivity contribution in [2.75, 3.05) is 9.80 Å². The summed E-state index contributed by atoms with van der Waals surface area (Å²) in [6, 6.07) is 44.3. The summed E-state index contributed by atoms with van der Waals surface area (Å²) in [4.78, 5) is 18.3. The van der Waals surface area contributed by atoms with Gasteiger partial charge in [0, 0.05) is 12.2 Å². The second-order valence-corrected chi connectivity index (χ2v) is 9.50. The van der Waals surface area contributed by atoms with Gasteiger partial charge < -0.3 is 9.64 Å². The van der Waals surface area contributed by atoms with Gasteiger partial charge in [0.1, 0.15) is 17.7 Å². The van der Waals surface area contributed by atoms with E-state index in [0.717, 1.165) is 34.0 Å². The summed E-state index contributed by atoms with van der Waals surface area (Å²) in [6.45, 7) is 2.71. The van der Waals surface area contributed by atoms with Crippen LogP contribution in [0.4, 0.5) is 11.4 Å². The Bertz CT molecular complexity index is 1530. The van der Waals surface area contributed by atoms with Crippen molar-refractivity contribution in [1.82, 2.24) is 0 Å². The quantitative estimate of drug-likeness (QED) is 0.238. The molecular weight excluding hydrogens is 468 g/mol. The van der Waals surface area contributed by atoms with Gasteiger partial charge in [0.2, 0.25) is 0 Å². The van der Waals surface area contributed by atoms with Gasteiger partial charge >= 0.3 is 0 Å². The molecule has 1 amide bonds. The fourth-order valence-electron chi connectivity index (χ4n) is 4.99.